The maximum absolute atomic E-state index is 12.5. The van der Waals surface area contributed by atoms with E-state index in [9.17, 15) is 9.59 Å². The lowest BCUT2D eigenvalue weighted by Gasteiger charge is -2.35. The Morgan fingerprint density at radius 2 is 2.20 bits per heavy atom. The van der Waals surface area contributed by atoms with Gasteiger partial charge in [0.1, 0.15) is 5.60 Å². The molecule has 2 heterocycles. The summed E-state index contributed by atoms with van der Waals surface area (Å²) in [5, 5.41) is 6.86. The van der Waals surface area contributed by atoms with Crippen LogP contribution in [0.4, 0.5) is 5.69 Å². The Kier molecular flexibility index (Phi) is 3.23. The maximum atomic E-state index is 12.5. The molecule has 1 aliphatic carbocycles. The highest BCUT2D eigenvalue weighted by Crippen LogP contribution is 2.44. The SMILES string of the molecule is Cn1cc(NC(=O)[C@@H]2CC(=O)OC23CCCCC3)cn1. The van der Waals surface area contributed by atoms with Crippen molar-refractivity contribution in [1.29, 1.82) is 0 Å². The predicted molar refractivity (Wildman–Crippen MR) is 71.9 cm³/mol. The summed E-state index contributed by atoms with van der Waals surface area (Å²) in [6.07, 6.45) is 8.30. The minimum Gasteiger partial charge on any atom is -0.458 e. The predicted octanol–water partition coefficient (Wildman–Crippen LogP) is 1.62. The lowest BCUT2D eigenvalue weighted by Crippen LogP contribution is -2.43. The normalized spacial score (nSPS) is 24.6. The quantitative estimate of drug-likeness (QED) is 0.834. The van der Waals surface area contributed by atoms with Crippen molar-refractivity contribution in [2.45, 2.75) is 44.1 Å². The molecule has 0 bridgehead atoms. The molecule has 2 aliphatic rings. The van der Waals surface area contributed by atoms with Gasteiger partial charge in [0, 0.05) is 13.2 Å². The van der Waals surface area contributed by atoms with E-state index in [0.29, 0.717) is 5.69 Å². The smallest absolute Gasteiger partial charge is 0.307 e. The molecule has 1 N–H and O–H groups in total. The maximum Gasteiger partial charge on any atom is 0.307 e. The molecule has 20 heavy (non-hydrogen) atoms. The number of aromatic nitrogens is 2. The third kappa shape index (κ3) is 2.30. The minimum absolute atomic E-state index is 0.134. The van der Waals surface area contributed by atoms with Crippen LogP contribution < -0.4 is 5.32 Å². The number of carbonyl (C=O) groups excluding carboxylic acids is 2. The summed E-state index contributed by atoms with van der Waals surface area (Å²) < 4.78 is 7.17. The van der Waals surface area contributed by atoms with Crippen molar-refractivity contribution >= 4 is 17.6 Å². The number of ether oxygens (including phenoxy) is 1. The number of rotatable bonds is 2. The largest absolute Gasteiger partial charge is 0.458 e. The van der Waals surface area contributed by atoms with Gasteiger partial charge in [-0.25, -0.2) is 0 Å². The second-order valence-electron chi connectivity index (χ2n) is 5.75. The first-order chi connectivity index (χ1) is 9.59. The fourth-order valence-electron chi connectivity index (χ4n) is 3.34. The Morgan fingerprint density at radius 1 is 1.45 bits per heavy atom. The number of esters is 1. The van der Waals surface area contributed by atoms with Crippen LogP contribution in [-0.2, 0) is 21.4 Å². The zero-order valence-corrected chi connectivity index (χ0v) is 11.6. The van der Waals surface area contributed by atoms with Crippen LogP contribution in [0.5, 0.6) is 0 Å². The number of anilines is 1. The second kappa shape index (κ2) is 4.92. The van der Waals surface area contributed by atoms with E-state index >= 15 is 0 Å². The summed E-state index contributed by atoms with van der Waals surface area (Å²) in [5.41, 5.74) is 0.0875. The van der Waals surface area contributed by atoms with E-state index in [-0.39, 0.29) is 24.2 Å². The summed E-state index contributed by atoms with van der Waals surface area (Å²) in [5.74, 6) is -0.764. The van der Waals surface area contributed by atoms with Gasteiger partial charge in [-0.05, 0) is 25.7 Å². The first-order valence-electron chi connectivity index (χ1n) is 7.10. The zero-order valence-electron chi connectivity index (χ0n) is 11.6. The van der Waals surface area contributed by atoms with Crippen LogP contribution in [0, 0.1) is 5.92 Å². The van der Waals surface area contributed by atoms with Crippen molar-refractivity contribution in [3.8, 4) is 0 Å². The second-order valence-corrected chi connectivity index (χ2v) is 5.75. The van der Waals surface area contributed by atoms with Crippen molar-refractivity contribution in [3.63, 3.8) is 0 Å². The number of nitrogens with zero attached hydrogens (tertiary/aromatic N) is 2. The van der Waals surface area contributed by atoms with Gasteiger partial charge in [0.05, 0.1) is 24.2 Å². The van der Waals surface area contributed by atoms with Crippen LogP contribution >= 0.6 is 0 Å². The van der Waals surface area contributed by atoms with E-state index in [1.807, 2.05) is 0 Å². The van der Waals surface area contributed by atoms with E-state index < -0.39 is 5.60 Å². The monoisotopic (exact) mass is 277 g/mol. The molecule has 6 nitrogen and oxygen atoms in total. The Hall–Kier alpha value is -1.85. The number of amides is 1. The lowest BCUT2D eigenvalue weighted by atomic mass is 9.75. The fourth-order valence-corrected chi connectivity index (χ4v) is 3.34. The Balaban J connectivity index is 1.76. The van der Waals surface area contributed by atoms with Crippen LogP contribution in [0.25, 0.3) is 0 Å². The zero-order chi connectivity index (χ0) is 14.2. The Bertz CT molecular complexity index is 532. The van der Waals surface area contributed by atoms with Gasteiger partial charge in [-0.3, -0.25) is 14.3 Å². The third-order valence-electron chi connectivity index (χ3n) is 4.31. The minimum atomic E-state index is -0.568. The number of hydrogen-bond donors (Lipinski definition) is 1. The van der Waals surface area contributed by atoms with Crippen molar-refractivity contribution in [2.75, 3.05) is 5.32 Å². The molecule has 1 aromatic rings. The molecule has 108 valence electrons. The van der Waals surface area contributed by atoms with Crippen LogP contribution in [-0.4, -0.2) is 27.3 Å². The number of aryl methyl sites for hydroxylation is 1. The standard InChI is InChI=1S/C14H19N3O3/c1-17-9-10(8-15-17)16-13(19)11-7-12(18)20-14(11)5-3-2-4-6-14/h8-9,11H,2-7H2,1H3,(H,16,19)/t11-/m0/s1. The summed E-state index contributed by atoms with van der Waals surface area (Å²) in [6.45, 7) is 0. The first kappa shape index (κ1) is 13.1. The molecule has 0 aromatic carbocycles. The average Bonchev–Trinajstić information content (AvgIpc) is 2.95. The molecule has 1 atom stereocenters. The van der Waals surface area contributed by atoms with E-state index in [1.165, 1.54) is 0 Å². The van der Waals surface area contributed by atoms with Crippen LogP contribution in [0.1, 0.15) is 38.5 Å². The molecule has 0 unspecified atom stereocenters. The summed E-state index contributed by atoms with van der Waals surface area (Å²) in [7, 11) is 1.79. The lowest BCUT2D eigenvalue weighted by molar-refractivity contribution is -0.153. The van der Waals surface area contributed by atoms with Crippen LogP contribution in [0.2, 0.25) is 0 Å². The van der Waals surface area contributed by atoms with E-state index in [2.05, 4.69) is 10.4 Å². The Labute approximate surface area is 117 Å². The van der Waals surface area contributed by atoms with Gasteiger partial charge in [0.25, 0.3) is 0 Å². The van der Waals surface area contributed by atoms with Gasteiger partial charge in [-0.15, -0.1) is 0 Å². The molecule has 3 rings (SSSR count). The molecule has 1 amide bonds. The molecule has 1 spiro atoms. The molecule has 1 aromatic heterocycles. The van der Waals surface area contributed by atoms with Crippen molar-refractivity contribution in [2.24, 2.45) is 13.0 Å². The third-order valence-corrected chi connectivity index (χ3v) is 4.31. The van der Waals surface area contributed by atoms with Crippen LogP contribution in [0.15, 0.2) is 12.4 Å². The summed E-state index contributed by atoms with van der Waals surface area (Å²) in [6, 6.07) is 0. The molecule has 1 saturated heterocycles. The van der Waals surface area contributed by atoms with Crippen molar-refractivity contribution < 1.29 is 14.3 Å². The van der Waals surface area contributed by atoms with E-state index in [0.717, 1.165) is 32.1 Å². The molecule has 1 saturated carbocycles. The molecular weight excluding hydrogens is 258 g/mol. The highest BCUT2D eigenvalue weighted by Gasteiger charge is 2.52. The topological polar surface area (TPSA) is 73.2 Å². The van der Waals surface area contributed by atoms with Gasteiger partial charge >= 0.3 is 5.97 Å². The van der Waals surface area contributed by atoms with Gasteiger partial charge in [0.15, 0.2) is 0 Å². The number of carbonyl (C=O) groups is 2. The first-order valence-corrected chi connectivity index (χ1v) is 7.10. The molecular formula is C14H19N3O3. The molecule has 6 heteroatoms. The van der Waals surface area contributed by atoms with E-state index in [4.69, 9.17) is 4.74 Å². The van der Waals surface area contributed by atoms with Gasteiger partial charge in [-0.2, -0.15) is 5.10 Å². The Morgan fingerprint density at radius 3 is 2.85 bits per heavy atom. The number of nitrogens with one attached hydrogen (secondary N) is 1. The van der Waals surface area contributed by atoms with Crippen LogP contribution in [0.3, 0.4) is 0 Å². The van der Waals surface area contributed by atoms with Crippen molar-refractivity contribution in [3.05, 3.63) is 12.4 Å². The van der Waals surface area contributed by atoms with Gasteiger partial charge < -0.3 is 10.1 Å². The van der Waals surface area contributed by atoms with E-state index in [1.54, 1.807) is 24.1 Å². The molecule has 2 fully saturated rings. The molecule has 0 radical (unpaired) electrons. The van der Waals surface area contributed by atoms with Crippen molar-refractivity contribution in [1.82, 2.24) is 9.78 Å². The van der Waals surface area contributed by atoms with Gasteiger partial charge in [0.2, 0.25) is 5.91 Å². The summed E-state index contributed by atoms with van der Waals surface area (Å²) in [4.78, 5) is 24.1. The fraction of sp³-hybridized carbons (Fsp3) is 0.643. The van der Waals surface area contributed by atoms with Gasteiger partial charge in [-0.1, -0.05) is 6.42 Å². The highest BCUT2D eigenvalue weighted by molar-refractivity contribution is 5.96. The number of hydrogen-bond acceptors (Lipinski definition) is 4. The highest BCUT2D eigenvalue weighted by atomic mass is 16.6. The summed E-state index contributed by atoms with van der Waals surface area (Å²) >= 11 is 0. The molecule has 1 aliphatic heterocycles. The average molecular weight is 277 g/mol.